The van der Waals surface area contributed by atoms with E-state index < -0.39 is 5.97 Å². The van der Waals surface area contributed by atoms with Crippen LogP contribution in [-0.4, -0.2) is 41.0 Å². The molecule has 0 bridgehead atoms. The maximum absolute atomic E-state index is 12.7. The van der Waals surface area contributed by atoms with Gasteiger partial charge in [-0.25, -0.2) is 4.79 Å². The molecule has 0 radical (unpaired) electrons. The molecule has 7 nitrogen and oxygen atoms in total. The van der Waals surface area contributed by atoms with Gasteiger partial charge in [0.05, 0.1) is 7.11 Å². The van der Waals surface area contributed by atoms with E-state index in [9.17, 15) is 14.4 Å². The van der Waals surface area contributed by atoms with Crippen molar-refractivity contribution >= 4 is 28.6 Å². The van der Waals surface area contributed by atoms with Crippen molar-refractivity contribution in [2.75, 3.05) is 13.7 Å². The van der Waals surface area contributed by atoms with E-state index in [0.29, 0.717) is 17.7 Å². The number of ketones is 1. The molecule has 0 amide bonds. The molecule has 3 aromatic rings. The zero-order valence-electron chi connectivity index (χ0n) is 18.2. The van der Waals surface area contributed by atoms with Crippen LogP contribution in [0.2, 0.25) is 0 Å². The molecule has 1 N–H and O–H groups in total. The van der Waals surface area contributed by atoms with Gasteiger partial charge in [-0.05, 0) is 44.9 Å². The molecule has 0 aliphatic carbocycles. The van der Waals surface area contributed by atoms with Crippen molar-refractivity contribution < 1.29 is 23.9 Å². The Morgan fingerprint density at radius 2 is 1.81 bits per heavy atom. The number of esters is 2. The van der Waals surface area contributed by atoms with Gasteiger partial charge in [0, 0.05) is 40.8 Å². The molecule has 2 heterocycles. The summed E-state index contributed by atoms with van der Waals surface area (Å²) in [7, 11) is 1.39. The Hall–Kier alpha value is -3.35. The Morgan fingerprint density at radius 1 is 1.03 bits per heavy atom. The van der Waals surface area contributed by atoms with Crippen LogP contribution >= 0.6 is 0 Å². The predicted octanol–water partition coefficient (Wildman–Crippen LogP) is 4.36. The van der Waals surface area contributed by atoms with Crippen molar-refractivity contribution in [2.24, 2.45) is 0 Å². The van der Waals surface area contributed by atoms with Crippen LogP contribution < -0.4 is 0 Å². The number of benzene rings is 1. The highest BCUT2D eigenvalue weighted by Gasteiger charge is 2.18. The quantitative estimate of drug-likeness (QED) is 0.297. The summed E-state index contributed by atoms with van der Waals surface area (Å²) >= 11 is 0. The molecule has 0 spiro atoms. The van der Waals surface area contributed by atoms with E-state index in [1.54, 1.807) is 6.07 Å². The number of nitrogens with one attached hydrogen (secondary N) is 1. The second kappa shape index (κ2) is 10.1. The van der Waals surface area contributed by atoms with E-state index in [0.717, 1.165) is 48.1 Å². The lowest BCUT2D eigenvalue weighted by Gasteiger charge is -2.10. The predicted molar refractivity (Wildman–Crippen MR) is 117 cm³/mol. The molecule has 0 aliphatic heterocycles. The molecular formula is C24H28N2O5. The summed E-state index contributed by atoms with van der Waals surface area (Å²) in [6.45, 7) is 4.31. The Labute approximate surface area is 181 Å². The molecule has 2 aromatic heterocycles. The second-order valence-corrected chi connectivity index (χ2v) is 7.59. The van der Waals surface area contributed by atoms with Crippen molar-refractivity contribution in [3.05, 3.63) is 59.0 Å². The number of aromatic amines is 1. The maximum atomic E-state index is 12.7. The van der Waals surface area contributed by atoms with Gasteiger partial charge in [-0.15, -0.1) is 0 Å². The average Bonchev–Trinajstić information content (AvgIpc) is 3.32. The normalized spacial score (nSPS) is 10.9. The minimum Gasteiger partial charge on any atom is -0.469 e. The summed E-state index contributed by atoms with van der Waals surface area (Å²) in [6, 6.07) is 11.1. The third kappa shape index (κ3) is 5.42. The van der Waals surface area contributed by atoms with E-state index in [-0.39, 0.29) is 18.4 Å². The monoisotopic (exact) mass is 424 g/mol. The van der Waals surface area contributed by atoms with Gasteiger partial charge in [0.1, 0.15) is 5.69 Å². The molecule has 0 atom stereocenters. The molecule has 1 aromatic carbocycles. The number of Topliss-reactive ketones (excluding diaryl/α,β-unsaturated/α-hetero) is 1. The van der Waals surface area contributed by atoms with Crippen LogP contribution in [0.3, 0.4) is 0 Å². The Balaban J connectivity index is 1.54. The van der Waals surface area contributed by atoms with Crippen LogP contribution in [0, 0.1) is 13.8 Å². The smallest absolute Gasteiger partial charge is 0.355 e. The molecule has 0 aliphatic rings. The van der Waals surface area contributed by atoms with E-state index in [1.807, 2.05) is 44.2 Å². The van der Waals surface area contributed by atoms with Gasteiger partial charge in [-0.1, -0.05) is 24.6 Å². The number of ether oxygens (including phenoxy) is 2. The lowest BCUT2D eigenvalue weighted by Crippen LogP contribution is -2.15. The third-order valence-corrected chi connectivity index (χ3v) is 5.45. The van der Waals surface area contributed by atoms with Crippen LogP contribution in [0.25, 0.3) is 10.9 Å². The highest BCUT2D eigenvalue weighted by molar-refractivity contribution is 6.01. The minimum absolute atomic E-state index is 0.191. The first-order valence-corrected chi connectivity index (χ1v) is 10.4. The fourth-order valence-corrected chi connectivity index (χ4v) is 3.72. The number of rotatable bonds is 10. The maximum Gasteiger partial charge on any atom is 0.355 e. The largest absolute Gasteiger partial charge is 0.469 e. The number of carbonyl (C=O) groups excluding carboxylic acids is 3. The first kappa shape index (κ1) is 22.3. The molecule has 0 saturated carbocycles. The number of methoxy groups -OCH3 is 1. The third-order valence-electron chi connectivity index (χ3n) is 5.45. The number of aromatic nitrogens is 2. The molecule has 0 unspecified atom stereocenters. The summed E-state index contributed by atoms with van der Waals surface area (Å²) in [6.07, 6.45) is 3.00. The van der Waals surface area contributed by atoms with Gasteiger partial charge in [0.2, 0.25) is 5.78 Å². The number of fused-ring (bicyclic) bond motifs is 1. The van der Waals surface area contributed by atoms with E-state index in [4.69, 9.17) is 4.74 Å². The summed E-state index contributed by atoms with van der Waals surface area (Å²) < 4.78 is 12.0. The standard InChI is InChI=1S/C24H28N2O5/c1-16-13-19(17(2)26(16)12-8-4-5-11-23(28)30-3)22(27)15-31-24(29)21-14-18-9-6-7-10-20(18)25-21/h6-7,9-10,13-14,25H,4-5,8,11-12,15H2,1-3H3. The fourth-order valence-electron chi connectivity index (χ4n) is 3.72. The van der Waals surface area contributed by atoms with Crippen molar-refractivity contribution in [3.8, 4) is 0 Å². The number of unbranched alkanes of at least 4 members (excludes halogenated alkanes) is 2. The number of nitrogens with zero attached hydrogens (tertiary/aromatic N) is 1. The molecular weight excluding hydrogens is 396 g/mol. The van der Waals surface area contributed by atoms with Crippen LogP contribution in [0.1, 0.15) is 57.9 Å². The molecule has 31 heavy (non-hydrogen) atoms. The fraction of sp³-hybridized carbons (Fsp3) is 0.375. The topological polar surface area (TPSA) is 90.4 Å². The van der Waals surface area contributed by atoms with Gasteiger partial charge in [-0.2, -0.15) is 0 Å². The van der Waals surface area contributed by atoms with Crippen LogP contribution in [0.15, 0.2) is 36.4 Å². The highest BCUT2D eigenvalue weighted by Crippen LogP contribution is 2.19. The molecule has 0 saturated heterocycles. The molecule has 7 heteroatoms. The highest BCUT2D eigenvalue weighted by atomic mass is 16.5. The lowest BCUT2D eigenvalue weighted by atomic mass is 10.1. The number of aryl methyl sites for hydroxylation is 1. The van der Waals surface area contributed by atoms with Crippen molar-refractivity contribution in [2.45, 2.75) is 46.1 Å². The summed E-state index contributed by atoms with van der Waals surface area (Å²) in [5.74, 6) is -0.971. The van der Waals surface area contributed by atoms with Crippen molar-refractivity contribution in [1.82, 2.24) is 9.55 Å². The number of H-pyrrole nitrogens is 1. The van der Waals surface area contributed by atoms with Crippen LogP contribution in [-0.2, 0) is 20.8 Å². The zero-order chi connectivity index (χ0) is 22.4. The van der Waals surface area contributed by atoms with Crippen molar-refractivity contribution in [1.29, 1.82) is 0 Å². The molecule has 164 valence electrons. The number of carbonyl (C=O) groups is 3. The summed E-state index contributed by atoms with van der Waals surface area (Å²) in [4.78, 5) is 39.2. The van der Waals surface area contributed by atoms with Gasteiger partial charge >= 0.3 is 11.9 Å². The van der Waals surface area contributed by atoms with Crippen molar-refractivity contribution in [3.63, 3.8) is 0 Å². The summed E-state index contributed by atoms with van der Waals surface area (Å²) in [5, 5.41) is 0.913. The van der Waals surface area contributed by atoms with Crippen LogP contribution in [0.4, 0.5) is 0 Å². The Bertz CT molecular complexity index is 1060. The van der Waals surface area contributed by atoms with Crippen LogP contribution in [0.5, 0.6) is 0 Å². The number of hydrogen-bond donors (Lipinski definition) is 1. The number of para-hydroxylation sites is 1. The minimum atomic E-state index is -0.552. The van der Waals surface area contributed by atoms with Gasteiger partial charge < -0.3 is 19.0 Å². The summed E-state index contributed by atoms with van der Waals surface area (Å²) in [5.41, 5.74) is 3.58. The molecule has 3 rings (SSSR count). The molecule has 0 fully saturated rings. The Kier molecular flexibility index (Phi) is 7.28. The van der Waals surface area contributed by atoms with E-state index in [2.05, 4.69) is 14.3 Å². The zero-order valence-corrected chi connectivity index (χ0v) is 18.2. The first-order valence-electron chi connectivity index (χ1n) is 10.4. The Morgan fingerprint density at radius 3 is 2.55 bits per heavy atom. The van der Waals surface area contributed by atoms with Gasteiger partial charge in [-0.3, -0.25) is 9.59 Å². The first-order chi connectivity index (χ1) is 14.9. The number of hydrogen-bond acceptors (Lipinski definition) is 5. The van der Waals surface area contributed by atoms with E-state index >= 15 is 0 Å². The second-order valence-electron chi connectivity index (χ2n) is 7.59. The van der Waals surface area contributed by atoms with E-state index in [1.165, 1.54) is 7.11 Å². The average molecular weight is 424 g/mol. The SMILES string of the molecule is COC(=O)CCCCCn1c(C)cc(C(=O)COC(=O)c2cc3ccccc3[nH]2)c1C. The van der Waals surface area contributed by atoms with Gasteiger partial charge in [0.15, 0.2) is 6.61 Å². The van der Waals surface area contributed by atoms with Gasteiger partial charge in [0.25, 0.3) is 0 Å². The lowest BCUT2D eigenvalue weighted by molar-refractivity contribution is -0.140.